The number of hydrogen-bond acceptors (Lipinski definition) is 5. The molecule has 0 radical (unpaired) electrons. The van der Waals surface area contributed by atoms with Gasteiger partial charge in [0.1, 0.15) is 11.4 Å². The van der Waals surface area contributed by atoms with Crippen molar-refractivity contribution in [2.45, 2.75) is 12.0 Å². The van der Waals surface area contributed by atoms with Crippen LogP contribution < -0.4 is 4.90 Å². The van der Waals surface area contributed by atoms with E-state index in [4.69, 9.17) is 4.74 Å². The van der Waals surface area contributed by atoms with Crippen molar-refractivity contribution in [3.05, 3.63) is 54.1 Å². The van der Waals surface area contributed by atoms with Gasteiger partial charge in [0.25, 0.3) is 0 Å². The largest absolute Gasteiger partial charge is 0.393 e. The molecule has 0 bridgehead atoms. The number of nitrogens with zero attached hydrogens (tertiary/aromatic N) is 3. The molecule has 22 heavy (non-hydrogen) atoms. The fourth-order valence-corrected chi connectivity index (χ4v) is 2.70. The predicted molar refractivity (Wildman–Crippen MR) is 80.1 cm³/mol. The summed E-state index contributed by atoms with van der Waals surface area (Å²) < 4.78 is 18.9. The predicted octanol–water partition coefficient (Wildman–Crippen LogP) is 1.43. The number of aromatic nitrogens is 2. The van der Waals surface area contributed by atoms with E-state index in [-0.39, 0.29) is 12.4 Å². The molecule has 3 rings (SSSR count). The Morgan fingerprint density at radius 3 is 2.64 bits per heavy atom. The number of morpholine rings is 1. The lowest BCUT2D eigenvalue weighted by Gasteiger charge is -2.41. The van der Waals surface area contributed by atoms with E-state index in [9.17, 15) is 9.50 Å². The van der Waals surface area contributed by atoms with Gasteiger partial charge in [-0.25, -0.2) is 14.4 Å². The minimum atomic E-state index is -0.727. The van der Waals surface area contributed by atoms with Crippen molar-refractivity contribution in [2.24, 2.45) is 0 Å². The van der Waals surface area contributed by atoms with Crippen LogP contribution in [0.4, 0.5) is 10.3 Å². The van der Waals surface area contributed by atoms with Gasteiger partial charge in [-0.2, -0.15) is 0 Å². The molecule has 1 aromatic heterocycles. The molecular formula is C16H18FN3O2. The van der Waals surface area contributed by atoms with Crippen molar-refractivity contribution < 1.29 is 14.2 Å². The summed E-state index contributed by atoms with van der Waals surface area (Å²) in [5.74, 6) is 0.355. The minimum absolute atomic E-state index is 0.117. The van der Waals surface area contributed by atoms with Crippen LogP contribution in [0.15, 0.2) is 42.7 Å². The number of benzene rings is 1. The van der Waals surface area contributed by atoms with Crippen molar-refractivity contribution in [2.75, 3.05) is 31.2 Å². The monoisotopic (exact) mass is 303 g/mol. The minimum Gasteiger partial charge on any atom is -0.393 e. The summed E-state index contributed by atoms with van der Waals surface area (Å²) in [5, 5.41) is 9.86. The topological polar surface area (TPSA) is 58.5 Å². The summed E-state index contributed by atoms with van der Waals surface area (Å²) in [7, 11) is 0. The zero-order chi connectivity index (χ0) is 15.4. The first kappa shape index (κ1) is 14.9. The molecular weight excluding hydrogens is 285 g/mol. The van der Waals surface area contributed by atoms with Gasteiger partial charge < -0.3 is 14.7 Å². The molecule has 1 fully saturated rings. The second kappa shape index (κ2) is 6.37. The lowest BCUT2D eigenvalue weighted by atomic mass is 9.93. The highest BCUT2D eigenvalue weighted by Crippen LogP contribution is 2.25. The lowest BCUT2D eigenvalue weighted by molar-refractivity contribution is -0.0871. The third-order valence-corrected chi connectivity index (χ3v) is 3.81. The zero-order valence-electron chi connectivity index (χ0n) is 12.2. The van der Waals surface area contributed by atoms with Crippen molar-refractivity contribution >= 4 is 5.95 Å². The van der Waals surface area contributed by atoms with Gasteiger partial charge >= 0.3 is 0 Å². The molecule has 1 atom stereocenters. The maximum atomic E-state index is 13.0. The molecule has 0 unspecified atom stereocenters. The van der Waals surface area contributed by atoms with E-state index >= 15 is 0 Å². The number of ether oxygens (including phenoxy) is 1. The van der Waals surface area contributed by atoms with Crippen molar-refractivity contribution in [3.63, 3.8) is 0 Å². The van der Waals surface area contributed by atoms with Crippen LogP contribution in [0.25, 0.3) is 0 Å². The second-order valence-electron chi connectivity index (χ2n) is 5.46. The maximum absolute atomic E-state index is 13.0. The van der Waals surface area contributed by atoms with Gasteiger partial charge in [-0.3, -0.25) is 0 Å². The Morgan fingerprint density at radius 1 is 1.23 bits per heavy atom. The number of aliphatic hydroxyl groups excluding tert-OH is 1. The number of aliphatic hydroxyl groups is 1. The number of halogens is 1. The Kier molecular flexibility index (Phi) is 4.31. The van der Waals surface area contributed by atoms with Gasteiger partial charge in [0.15, 0.2) is 0 Å². The Labute approximate surface area is 128 Å². The first-order valence-electron chi connectivity index (χ1n) is 7.22. The quantitative estimate of drug-likeness (QED) is 0.926. The Balaban J connectivity index is 1.78. The van der Waals surface area contributed by atoms with Gasteiger partial charge in [-0.1, -0.05) is 12.1 Å². The number of anilines is 1. The highest BCUT2D eigenvalue weighted by atomic mass is 19.1. The molecule has 0 saturated carbocycles. The van der Waals surface area contributed by atoms with Crippen LogP contribution in [-0.4, -0.2) is 47.0 Å². The van der Waals surface area contributed by atoms with Crippen molar-refractivity contribution in [1.82, 2.24) is 9.97 Å². The van der Waals surface area contributed by atoms with E-state index in [1.54, 1.807) is 30.6 Å². The van der Waals surface area contributed by atoms with Gasteiger partial charge in [0.2, 0.25) is 5.95 Å². The van der Waals surface area contributed by atoms with Gasteiger partial charge in [-0.05, 0) is 23.8 Å². The van der Waals surface area contributed by atoms with Crippen molar-refractivity contribution in [3.8, 4) is 0 Å². The molecule has 5 nitrogen and oxygen atoms in total. The molecule has 2 aromatic rings. The molecule has 0 aliphatic carbocycles. The third-order valence-electron chi connectivity index (χ3n) is 3.81. The van der Waals surface area contributed by atoms with Crippen LogP contribution in [0.3, 0.4) is 0 Å². The molecule has 1 aromatic carbocycles. The van der Waals surface area contributed by atoms with Crippen LogP contribution in [0.2, 0.25) is 0 Å². The molecule has 2 heterocycles. The van der Waals surface area contributed by atoms with E-state index in [0.29, 0.717) is 32.1 Å². The molecule has 0 amide bonds. The van der Waals surface area contributed by atoms with Crippen LogP contribution in [0.5, 0.6) is 0 Å². The van der Waals surface area contributed by atoms with E-state index in [0.717, 1.165) is 5.56 Å². The van der Waals surface area contributed by atoms with Crippen LogP contribution >= 0.6 is 0 Å². The fraction of sp³-hybridized carbons (Fsp3) is 0.375. The number of hydrogen-bond donors (Lipinski definition) is 1. The maximum Gasteiger partial charge on any atom is 0.225 e. The molecule has 1 aliphatic heterocycles. The van der Waals surface area contributed by atoms with Crippen LogP contribution in [-0.2, 0) is 11.2 Å². The summed E-state index contributed by atoms with van der Waals surface area (Å²) in [6.07, 6.45) is 3.89. The van der Waals surface area contributed by atoms with Gasteiger partial charge in [0, 0.05) is 25.4 Å². The van der Waals surface area contributed by atoms with Gasteiger partial charge in [-0.15, -0.1) is 0 Å². The average Bonchev–Trinajstić information content (AvgIpc) is 2.58. The van der Waals surface area contributed by atoms with E-state index in [1.165, 1.54) is 12.1 Å². The summed E-state index contributed by atoms with van der Waals surface area (Å²) in [6, 6.07) is 8.03. The highest BCUT2D eigenvalue weighted by Gasteiger charge is 2.37. The summed E-state index contributed by atoms with van der Waals surface area (Å²) in [5.41, 5.74) is 0.196. The Morgan fingerprint density at radius 2 is 1.95 bits per heavy atom. The molecule has 1 N–H and O–H groups in total. The smallest absolute Gasteiger partial charge is 0.225 e. The number of rotatable bonds is 4. The summed E-state index contributed by atoms with van der Waals surface area (Å²) >= 11 is 0. The molecule has 1 saturated heterocycles. The van der Waals surface area contributed by atoms with E-state index in [1.807, 2.05) is 4.90 Å². The first-order valence-corrected chi connectivity index (χ1v) is 7.22. The van der Waals surface area contributed by atoms with Crippen LogP contribution in [0, 0.1) is 5.82 Å². The van der Waals surface area contributed by atoms with Gasteiger partial charge in [0.05, 0.1) is 19.8 Å². The van der Waals surface area contributed by atoms with E-state index in [2.05, 4.69) is 9.97 Å². The molecule has 116 valence electrons. The first-order chi connectivity index (χ1) is 10.7. The normalized spacial score (nSPS) is 21.8. The molecule has 6 heteroatoms. The SMILES string of the molecule is OC[C@]1(Cc2ccc(F)cc2)CN(c2ncccn2)CCO1. The molecule has 1 aliphatic rings. The summed E-state index contributed by atoms with van der Waals surface area (Å²) in [6.45, 7) is 1.54. The lowest BCUT2D eigenvalue weighted by Crippen LogP contribution is -2.55. The zero-order valence-corrected chi connectivity index (χ0v) is 12.2. The Hall–Kier alpha value is -2.05. The third kappa shape index (κ3) is 3.23. The second-order valence-corrected chi connectivity index (χ2v) is 5.46. The Bertz CT molecular complexity index is 609. The highest BCUT2D eigenvalue weighted by molar-refractivity contribution is 5.31. The van der Waals surface area contributed by atoms with E-state index < -0.39 is 5.60 Å². The van der Waals surface area contributed by atoms with Crippen molar-refractivity contribution in [1.29, 1.82) is 0 Å². The molecule has 0 spiro atoms. The average molecular weight is 303 g/mol. The summed E-state index contributed by atoms with van der Waals surface area (Å²) in [4.78, 5) is 10.5. The standard InChI is InChI=1S/C16H18FN3O2/c17-14-4-2-13(3-5-14)10-16(12-21)11-20(8-9-22-16)15-18-6-1-7-19-15/h1-7,21H,8-12H2/t16-/m0/s1. The fourth-order valence-electron chi connectivity index (χ4n) is 2.70. The van der Waals surface area contributed by atoms with Crippen LogP contribution in [0.1, 0.15) is 5.56 Å².